The molecule has 1 heterocycles. The summed E-state index contributed by atoms with van der Waals surface area (Å²) < 4.78 is 0. The average Bonchev–Trinajstić information content (AvgIpc) is 2.65. The van der Waals surface area contributed by atoms with E-state index >= 15 is 0 Å². The zero-order chi connectivity index (χ0) is 17.8. The topological polar surface area (TPSA) is 75.4 Å². The summed E-state index contributed by atoms with van der Waals surface area (Å²) in [6, 6.07) is 14.8. The zero-order valence-electron chi connectivity index (χ0n) is 14.4. The molecule has 130 valence electrons. The van der Waals surface area contributed by atoms with E-state index in [2.05, 4.69) is 5.32 Å². The summed E-state index contributed by atoms with van der Waals surface area (Å²) >= 11 is 0. The van der Waals surface area contributed by atoms with Crippen LogP contribution in [0.3, 0.4) is 0 Å². The molecule has 5 nitrogen and oxygen atoms in total. The third-order valence-electron chi connectivity index (χ3n) is 4.69. The van der Waals surface area contributed by atoms with Crippen LogP contribution in [-0.2, 0) is 4.79 Å². The van der Waals surface area contributed by atoms with Gasteiger partial charge in [0.25, 0.3) is 5.91 Å². The Balaban J connectivity index is 1.57. The highest BCUT2D eigenvalue weighted by Crippen LogP contribution is 2.23. The van der Waals surface area contributed by atoms with E-state index < -0.39 is 0 Å². The lowest BCUT2D eigenvalue weighted by atomic mass is 9.95. The highest BCUT2D eigenvalue weighted by Gasteiger charge is 2.28. The molecule has 0 aliphatic carbocycles. The quantitative estimate of drug-likeness (QED) is 0.845. The minimum absolute atomic E-state index is 0.000472. The lowest BCUT2D eigenvalue weighted by Crippen LogP contribution is -2.41. The Hall–Kier alpha value is -2.82. The molecule has 1 saturated heterocycles. The Kier molecular flexibility index (Phi) is 5.03. The van der Waals surface area contributed by atoms with Crippen LogP contribution in [0.4, 0.5) is 11.4 Å². The van der Waals surface area contributed by atoms with Crippen LogP contribution in [0, 0.1) is 12.8 Å². The van der Waals surface area contributed by atoms with Crippen LogP contribution in [0.15, 0.2) is 48.5 Å². The monoisotopic (exact) mass is 337 g/mol. The van der Waals surface area contributed by atoms with Crippen molar-refractivity contribution in [3.63, 3.8) is 0 Å². The van der Waals surface area contributed by atoms with Crippen molar-refractivity contribution < 1.29 is 9.59 Å². The van der Waals surface area contributed by atoms with Gasteiger partial charge in [-0.2, -0.15) is 0 Å². The van der Waals surface area contributed by atoms with E-state index in [1.807, 2.05) is 54.3 Å². The molecule has 0 bridgehead atoms. The number of hydrogen-bond acceptors (Lipinski definition) is 3. The average molecular weight is 337 g/mol. The van der Waals surface area contributed by atoms with Crippen molar-refractivity contribution >= 4 is 23.2 Å². The summed E-state index contributed by atoms with van der Waals surface area (Å²) in [7, 11) is 0. The fourth-order valence-corrected chi connectivity index (χ4v) is 3.12. The normalized spacial score (nSPS) is 15.0. The van der Waals surface area contributed by atoms with Crippen LogP contribution in [0.2, 0.25) is 0 Å². The van der Waals surface area contributed by atoms with E-state index in [9.17, 15) is 9.59 Å². The number of hydrogen-bond donors (Lipinski definition) is 2. The van der Waals surface area contributed by atoms with Crippen molar-refractivity contribution in [3.8, 4) is 0 Å². The molecule has 2 aromatic carbocycles. The first-order chi connectivity index (χ1) is 12.0. The number of rotatable bonds is 3. The maximum atomic E-state index is 12.5. The molecular weight excluding hydrogens is 314 g/mol. The van der Waals surface area contributed by atoms with E-state index in [4.69, 9.17) is 5.73 Å². The van der Waals surface area contributed by atoms with Crippen LogP contribution in [0.1, 0.15) is 28.8 Å². The predicted molar refractivity (Wildman–Crippen MR) is 99.3 cm³/mol. The number of benzene rings is 2. The number of carbonyl (C=O) groups excluding carboxylic acids is 2. The number of nitrogens with one attached hydrogen (secondary N) is 1. The number of carbonyl (C=O) groups is 2. The summed E-state index contributed by atoms with van der Waals surface area (Å²) in [4.78, 5) is 26.8. The van der Waals surface area contributed by atoms with Crippen LogP contribution in [0.5, 0.6) is 0 Å². The summed E-state index contributed by atoms with van der Waals surface area (Å²) in [5.74, 6) is -0.0488. The molecule has 0 spiro atoms. The van der Waals surface area contributed by atoms with E-state index in [0.717, 1.165) is 11.3 Å². The smallest absolute Gasteiger partial charge is 0.253 e. The largest absolute Gasteiger partial charge is 0.399 e. The maximum Gasteiger partial charge on any atom is 0.253 e. The highest BCUT2D eigenvalue weighted by atomic mass is 16.2. The van der Waals surface area contributed by atoms with Crippen LogP contribution >= 0.6 is 0 Å². The van der Waals surface area contributed by atoms with E-state index in [0.29, 0.717) is 37.2 Å². The molecule has 3 N–H and O–H groups in total. The number of amides is 2. The highest BCUT2D eigenvalue weighted by molar-refractivity contribution is 5.95. The molecule has 5 heteroatoms. The molecule has 1 aliphatic heterocycles. The Morgan fingerprint density at radius 3 is 2.44 bits per heavy atom. The third kappa shape index (κ3) is 3.99. The fraction of sp³-hybridized carbons (Fsp3) is 0.300. The minimum Gasteiger partial charge on any atom is -0.399 e. The predicted octanol–water partition coefficient (Wildman–Crippen LogP) is 3.07. The number of nitrogens with two attached hydrogens (primary N) is 1. The molecule has 1 fully saturated rings. The summed E-state index contributed by atoms with van der Waals surface area (Å²) in [6.45, 7) is 3.14. The van der Waals surface area contributed by atoms with Crippen LogP contribution in [-0.4, -0.2) is 29.8 Å². The Bertz CT molecular complexity index is 766. The molecule has 2 amide bonds. The molecule has 1 aliphatic rings. The van der Waals surface area contributed by atoms with E-state index in [1.54, 1.807) is 6.07 Å². The van der Waals surface area contributed by atoms with Crippen LogP contribution in [0.25, 0.3) is 0 Å². The number of likely N-dealkylation sites (tertiary alicyclic amines) is 1. The second-order valence-corrected chi connectivity index (χ2v) is 6.50. The van der Waals surface area contributed by atoms with Gasteiger partial charge in [-0.05, 0) is 49.6 Å². The van der Waals surface area contributed by atoms with Gasteiger partial charge < -0.3 is 16.0 Å². The standard InChI is InChI=1S/C20H23N3O2/c1-14-7-8-17(21)13-18(14)22-19(24)15-9-11-23(12-10-15)20(25)16-5-3-2-4-6-16/h2-8,13,15H,9-12,21H2,1H3,(H,22,24). The van der Waals surface area contributed by atoms with Crippen LogP contribution < -0.4 is 11.1 Å². The lowest BCUT2D eigenvalue weighted by Gasteiger charge is -2.31. The van der Waals surface area contributed by atoms with Gasteiger partial charge in [-0.3, -0.25) is 9.59 Å². The van der Waals surface area contributed by atoms with E-state index in [-0.39, 0.29) is 17.7 Å². The molecule has 2 aromatic rings. The fourth-order valence-electron chi connectivity index (χ4n) is 3.12. The second kappa shape index (κ2) is 7.38. The molecule has 0 atom stereocenters. The number of anilines is 2. The van der Waals surface area contributed by atoms with Crippen molar-refractivity contribution in [2.24, 2.45) is 5.92 Å². The van der Waals surface area contributed by atoms with Crippen molar-refractivity contribution in [1.29, 1.82) is 0 Å². The number of aryl methyl sites for hydroxylation is 1. The van der Waals surface area contributed by atoms with Gasteiger partial charge in [-0.15, -0.1) is 0 Å². The maximum absolute atomic E-state index is 12.5. The Morgan fingerprint density at radius 1 is 1.08 bits per heavy atom. The van der Waals surface area contributed by atoms with Crippen molar-refractivity contribution in [2.75, 3.05) is 24.1 Å². The van der Waals surface area contributed by atoms with Gasteiger partial charge in [0.15, 0.2) is 0 Å². The van der Waals surface area contributed by atoms with Gasteiger partial charge in [0, 0.05) is 35.9 Å². The number of piperidine rings is 1. The minimum atomic E-state index is -0.0827. The van der Waals surface area contributed by atoms with Gasteiger partial charge in [-0.25, -0.2) is 0 Å². The molecule has 0 aromatic heterocycles. The molecule has 25 heavy (non-hydrogen) atoms. The van der Waals surface area contributed by atoms with Crippen molar-refractivity contribution in [3.05, 3.63) is 59.7 Å². The van der Waals surface area contributed by atoms with Gasteiger partial charge in [0.2, 0.25) is 5.91 Å². The SMILES string of the molecule is Cc1ccc(N)cc1NC(=O)C1CCN(C(=O)c2ccccc2)CC1. The van der Waals surface area contributed by atoms with Gasteiger partial charge in [-0.1, -0.05) is 24.3 Å². The molecular formula is C20H23N3O2. The van der Waals surface area contributed by atoms with Gasteiger partial charge in [0.05, 0.1) is 0 Å². The lowest BCUT2D eigenvalue weighted by molar-refractivity contribution is -0.121. The Morgan fingerprint density at radius 2 is 1.76 bits per heavy atom. The van der Waals surface area contributed by atoms with Crippen molar-refractivity contribution in [1.82, 2.24) is 4.90 Å². The summed E-state index contributed by atoms with van der Waals surface area (Å²) in [6.07, 6.45) is 1.34. The first-order valence-electron chi connectivity index (χ1n) is 8.56. The third-order valence-corrected chi connectivity index (χ3v) is 4.69. The first-order valence-corrected chi connectivity index (χ1v) is 8.56. The molecule has 0 unspecified atom stereocenters. The summed E-state index contributed by atoms with van der Waals surface area (Å²) in [5.41, 5.74) is 8.86. The van der Waals surface area contributed by atoms with Crippen molar-refractivity contribution in [2.45, 2.75) is 19.8 Å². The first kappa shape index (κ1) is 17.0. The van der Waals surface area contributed by atoms with Gasteiger partial charge >= 0.3 is 0 Å². The molecule has 0 saturated carbocycles. The zero-order valence-corrected chi connectivity index (χ0v) is 14.4. The van der Waals surface area contributed by atoms with E-state index in [1.165, 1.54) is 0 Å². The van der Waals surface area contributed by atoms with Gasteiger partial charge in [0.1, 0.15) is 0 Å². The molecule has 3 rings (SSSR count). The second-order valence-electron chi connectivity index (χ2n) is 6.50. The number of nitrogen functional groups attached to an aromatic ring is 1. The Labute approximate surface area is 147 Å². The molecule has 0 radical (unpaired) electrons. The number of nitrogens with zero attached hydrogens (tertiary/aromatic N) is 1. The summed E-state index contributed by atoms with van der Waals surface area (Å²) in [5, 5.41) is 2.97.